The van der Waals surface area contributed by atoms with Gasteiger partial charge in [-0.05, 0) is 59.5 Å². The number of rotatable bonds is 8. The van der Waals surface area contributed by atoms with Gasteiger partial charge in [-0.1, -0.05) is 51.1 Å². The normalized spacial score (nSPS) is 11.5. The Labute approximate surface area is 219 Å². The highest BCUT2D eigenvalue weighted by atomic mass is 16.5. The van der Waals surface area contributed by atoms with Gasteiger partial charge in [0.15, 0.2) is 23.0 Å². The SMILES string of the molecule is COc1cccc(C=Cc2cc(-c3cccc(OC)c3OC)n(-c3ccc(C(C)(C)C)cc3)n2)c1OC. The highest BCUT2D eigenvalue weighted by Gasteiger charge is 2.19. The molecule has 0 spiro atoms. The number of hydrogen-bond acceptors (Lipinski definition) is 5. The zero-order valence-electron chi connectivity index (χ0n) is 22.5. The fourth-order valence-corrected chi connectivity index (χ4v) is 4.28. The summed E-state index contributed by atoms with van der Waals surface area (Å²) in [5.74, 6) is 2.67. The number of benzene rings is 3. The van der Waals surface area contributed by atoms with E-state index in [-0.39, 0.29) is 5.41 Å². The summed E-state index contributed by atoms with van der Waals surface area (Å²) in [6.07, 6.45) is 3.94. The van der Waals surface area contributed by atoms with E-state index < -0.39 is 0 Å². The van der Waals surface area contributed by atoms with E-state index in [9.17, 15) is 0 Å². The molecule has 37 heavy (non-hydrogen) atoms. The molecule has 6 nitrogen and oxygen atoms in total. The molecule has 0 saturated heterocycles. The van der Waals surface area contributed by atoms with Gasteiger partial charge in [0.2, 0.25) is 0 Å². The Morgan fingerprint density at radius 2 is 1.32 bits per heavy atom. The lowest BCUT2D eigenvalue weighted by atomic mass is 9.87. The predicted molar refractivity (Wildman–Crippen MR) is 149 cm³/mol. The number of para-hydroxylation sites is 2. The second kappa shape index (κ2) is 10.8. The molecule has 0 amide bonds. The molecule has 0 radical (unpaired) electrons. The Hall–Kier alpha value is -4.19. The molecule has 6 heteroatoms. The Morgan fingerprint density at radius 3 is 1.92 bits per heavy atom. The van der Waals surface area contributed by atoms with Crippen LogP contribution >= 0.6 is 0 Å². The van der Waals surface area contributed by atoms with Gasteiger partial charge in [-0.2, -0.15) is 5.10 Å². The van der Waals surface area contributed by atoms with Crippen LogP contribution in [-0.4, -0.2) is 38.2 Å². The molecule has 0 bridgehead atoms. The molecule has 0 aliphatic rings. The number of methoxy groups -OCH3 is 4. The van der Waals surface area contributed by atoms with Crippen LogP contribution in [0.5, 0.6) is 23.0 Å². The van der Waals surface area contributed by atoms with E-state index in [4.69, 9.17) is 24.0 Å². The summed E-state index contributed by atoms with van der Waals surface area (Å²) in [7, 11) is 6.56. The molecule has 1 heterocycles. The molecule has 0 N–H and O–H groups in total. The van der Waals surface area contributed by atoms with Gasteiger partial charge in [-0.3, -0.25) is 0 Å². The van der Waals surface area contributed by atoms with E-state index in [2.05, 4.69) is 45.0 Å². The first-order chi connectivity index (χ1) is 17.8. The molecule has 4 rings (SSSR count). The third-order valence-electron chi connectivity index (χ3n) is 6.25. The van der Waals surface area contributed by atoms with Crippen LogP contribution in [0.15, 0.2) is 66.7 Å². The molecule has 0 unspecified atom stereocenters. The van der Waals surface area contributed by atoms with E-state index in [0.717, 1.165) is 28.2 Å². The second-order valence-electron chi connectivity index (χ2n) is 9.62. The van der Waals surface area contributed by atoms with Crippen molar-refractivity contribution >= 4 is 12.2 Å². The van der Waals surface area contributed by atoms with Crippen LogP contribution in [-0.2, 0) is 5.41 Å². The van der Waals surface area contributed by atoms with Gasteiger partial charge in [0.25, 0.3) is 0 Å². The molecule has 192 valence electrons. The predicted octanol–water partition coefficient (Wildman–Crippen LogP) is 7.04. The van der Waals surface area contributed by atoms with Crippen molar-refractivity contribution in [2.24, 2.45) is 0 Å². The molecule has 3 aromatic carbocycles. The van der Waals surface area contributed by atoms with Crippen LogP contribution in [0.3, 0.4) is 0 Å². The van der Waals surface area contributed by atoms with Crippen molar-refractivity contribution in [3.8, 4) is 39.9 Å². The van der Waals surface area contributed by atoms with Crippen molar-refractivity contribution in [2.75, 3.05) is 28.4 Å². The number of aromatic nitrogens is 2. The molecule has 4 aromatic rings. The third kappa shape index (κ3) is 5.33. The largest absolute Gasteiger partial charge is 0.493 e. The Kier molecular flexibility index (Phi) is 7.58. The Bertz CT molecular complexity index is 1400. The van der Waals surface area contributed by atoms with Crippen LogP contribution in [0, 0.1) is 0 Å². The lowest BCUT2D eigenvalue weighted by Crippen LogP contribution is -2.11. The summed E-state index contributed by atoms with van der Waals surface area (Å²) in [6, 6.07) is 22.2. The van der Waals surface area contributed by atoms with Crippen molar-refractivity contribution in [3.63, 3.8) is 0 Å². The third-order valence-corrected chi connectivity index (χ3v) is 6.25. The monoisotopic (exact) mass is 498 g/mol. The summed E-state index contributed by atoms with van der Waals surface area (Å²) in [6.45, 7) is 6.62. The van der Waals surface area contributed by atoms with Gasteiger partial charge in [0.1, 0.15) is 0 Å². The summed E-state index contributed by atoms with van der Waals surface area (Å²) >= 11 is 0. The zero-order valence-corrected chi connectivity index (χ0v) is 22.5. The average Bonchev–Trinajstić information content (AvgIpc) is 3.34. The summed E-state index contributed by atoms with van der Waals surface area (Å²) in [5.41, 5.74) is 5.71. The molecular formula is C31H34N2O4. The second-order valence-corrected chi connectivity index (χ2v) is 9.62. The lowest BCUT2D eigenvalue weighted by Gasteiger charge is -2.19. The number of nitrogens with zero attached hydrogens (tertiary/aromatic N) is 2. The maximum Gasteiger partial charge on any atom is 0.170 e. The van der Waals surface area contributed by atoms with Crippen molar-refractivity contribution in [2.45, 2.75) is 26.2 Å². The summed E-state index contributed by atoms with van der Waals surface area (Å²) < 4.78 is 24.3. The first-order valence-electron chi connectivity index (χ1n) is 12.1. The van der Waals surface area contributed by atoms with Crippen LogP contribution in [0.1, 0.15) is 37.6 Å². The van der Waals surface area contributed by atoms with Gasteiger partial charge >= 0.3 is 0 Å². The van der Waals surface area contributed by atoms with Crippen molar-refractivity contribution in [1.29, 1.82) is 0 Å². The number of hydrogen-bond donors (Lipinski definition) is 0. The van der Waals surface area contributed by atoms with Crippen molar-refractivity contribution < 1.29 is 18.9 Å². The molecule has 0 fully saturated rings. The first kappa shape index (κ1) is 25.9. The summed E-state index contributed by atoms with van der Waals surface area (Å²) in [5, 5.41) is 4.95. The fraction of sp³-hybridized carbons (Fsp3) is 0.258. The molecular weight excluding hydrogens is 464 g/mol. The highest BCUT2D eigenvalue weighted by molar-refractivity contribution is 5.78. The van der Waals surface area contributed by atoms with Crippen molar-refractivity contribution in [1.82, 2.24) is 9.78 Å². The van der Waals surface area contributed by atoms with Gasteiger partial charge < -0.3 is 18.9 Å². The quantitative estimate of drug-likeness (QED) is 0.261. The Balaban J connectivity index is 1.85. The first-order valence-corrected chi connectivity index (χ1v) is 12.1. The van der Waals surface area contributed by atoms with Gasteiger partial charge in [-0.25, -0.2) is 4.68 Å². The Morgan fingerprint density at radius 1 is 0.703 bits per heavy atom. The standard InChI is InChI=1S/C31H34N2O4/c1-31(2,3)22-15-18-24(19-16-22)33-26(25-11-9-13-28(35-5)30(25)37-7)20-23(32-33)17-14-21-10-8-12-27(34-4)29(21)36-6/h8-20H,1-7H3. The van der Waals surface area contributed by atoms with Gasteiger partial charge in [-0.15, -0.1) is 0 Å². The van der Waals surface area contributed by atoms with Crippen LogP contribution in [0.25, 0.3) is 29.1 Å². The lowest BCUT2D eigenvalue weighted by molar-refractivity contribution is 0.354. The minimum atomic E-state index is 0.0607. The van der Waals surface area contributed by atoms with Crippen LogP contribution in [0.2, 0.25) is 0 Å². The maximum atomic E-state index is 5.76. The van der Waals surface area contributed by atoms with E-state index in [0.29, 0.717) is 23.0 Å². The summed E-state index contributed by atoms with van der Waals surface area (Å²) in [4.78, 5) is 0. The molecule has 0 aliphatic carbocycles. The zero-order chi connectivity index (χ0) is 26.6. The number of ether oxygens (including phenoxy) is 4. The van der Waals surface area contributed by atoms with E-state index in [1.807, 2.05) is 59.3 Å². The van der Waals surface area contributed by atoms with E-state index in [1.165, 1.54) is 5.56 Å². The average molecular weight is 499 g/mol. The van der Waals surface area contributed by atoms with Gasteiger partial charge in [0, 0.05) is 11.1 Å². The molecule has 1 aromatic heterocycles. The van der Waals surface area contributed by atoms with E-state index in [1.54, 1.807) is 28.4 Å². The minimum absolute atomic E-state index is 0.0607. The topological polar surface area (TPSA) is 54.7 Å². The highest BCUT2D eigenvalue weighted by Crippen LogP contribution is 2.39. The van der Waals surface area contributed by atoms with Crippen LogP contribution < -0.4 is 18.9 Å². The smallest absolute Gasteiger partial charge is 0.170 e. The molecule has 0 saturated carbocycles. The fourth-order valence-electron chi connectivity index (χ4n) is 4.28. The van der Waals surface area contributed by atoms with Crippen LogP contribution in [0.4, 0.5) is 0 Å². The van der Waals surface area contributed by atoms with Crippen molar-refractivity contribution in [3.05, 3.63) is 83.6 Å². The minimum Gasteiger partial charge on any atom is -0.493 e. The van der Waals surface area contributed by atoms with E-state index >= 15 is 0 Å². The maximum absolute atomic E-state index is 5.76. The van der Waals surface area contributed by atoms with Gasteiger partial charge in [0.05, 0.1) is 45.5 Å². The molecule has 0 atom stereocenters. The molecule has 0 aliphatic heterocycles.